The average Bonchev–Trinajstić information content (AvgIpc) is 3.45. The lowest BCUT2D eigenvalue weighted by atomic mass is 10.0. The van der Waals surface area contributed by atoms with Crippen LogP contribution in [0, 0.1) is 5.92 Å². The molecule has 0 saturated heterocycles. The van der Waals surface area contributed by atoms with Gasteiger partial charge in [0.05, 0.1) is 12.8 Å². The molecule has 1 aliphatic heterocycles. The Morgan fingerprint density at radius 3 is 2.55 bits per heavy atom. The lowest BCUT2D eigenvalue weighted by Crippen LogP contribution is -2.07. The molecule has 6 heteroatoms. The highest BCUT2D eigenvalue weighted by Crippen LogP contribution is 2.51. The molecule has 0 N–H and O–H groups in total. The van der Waals surface area contributed by atoms with E-state index in [9.17, 15) is 0 Å². The van der Waals surface area contributed by atoms with Gasteiger partial charge in [-0.2, -0.15) is 0 Å². The van der Waals surface area contributed by atoms with E-state index in [1.165, 1.54) is 5.56 Å². The first-order valence-electron chi connectivity index (χ1n) is 10.2. The standard InChI is InChI=1S/C25H22ClNO4/c1-28-20-9-4-17(5-10-20)25(27-31-14-16-2-7-19(26)8-3-16)22-13-21(22)18-6-11-23-24(12-18)30-15-29-23/h2-12,21-22H,13-15H2,1H3/b27-25-/t21-,22+/m1/s1. The Morgan fingerprint density at radius 1 is 1.00 bits per heavy atom. The summed E-state index contributed by atoms with van der Waals surface area (Å²) in [7, 11) is 1.66. The van der Waals surface area contributed by atoms with Gasteiger partial charge < -0.3 is 19.0 Å². The number of rotatable bonds is 7. The first-order chi connectivity index (χ1) is 15.2. The molecule has 1 saturated carbocycles. The summed E-state index contributed by atoms with van der Waals surface area (Å²) in [6.07, 6.45) is 1.01. The predicted octanol–water partition coefficient (Wildman–Crippen LogP) is 5.80. The van der Waals surface area contributed by atoms with Crippen LogP contribution in [0.5, 0.6) is 17.2 Å². The van der Waals surface area contributed by atoms with Gasteiger partial charge in [0, 0.05) is 10.9 Å². The zero-order chi connectivity index (χ0) is 21.2. The van der Waals surface area contributed by atoms with Gasteiger partial charge in [-0.15, -0.1) is 0 Å². The highest BCUT2D eigenvalue weighted by molar-refractivity contribution is 6.30. The Bertz CT molecular complexity index is 1100. The Morgan fingerprint density at radius 2 is 1.77 bits per heavy atom. The van der Waals surface area contributed by atoms with Gasteiger partial charge in [-0.3, -0.25) is 0 Å². The number of hydrogen-bond donors (Lipinski definition) is 0. The molecular formula is C25H22ClNO4. The van der Waals surface area contributed by atoms with Gasteiger partial charge in [0.15, 0.2) is 11.5 Å². The zero-order valence-electron chi connectivity index (χ0n) is 17.1. The third-order valence-electron chi connectivity index (χ3n) is 5.66. The maximum Gasteiger partial charge on any atom is 0.231 e. The summed E-state index contributed by atoms with van der Waals surface area (Å²) < 4.78 is 16.3. The van der Waals surface area contributed by atoms with Crippen LogP contribution in [0.1, 0.15) is 29.0 Å². The zero-order valence-corrected chi connectivity index (χ0v) is 17.8. The largest absolute Gasteiger partial charge is 0.497 e. The minimum atomic E-state index is 0.277. The fourth-order valence-electron chi connectivity index (χ4n) is 3.86. The second-order valence-electron chi connectivity index (χ2n) is 7.67. The Balaban J connectivity index is 1.36. The van der Waals surface area contributed by atoms with E-state index in [4.69, 9.17) is 30.6 Å². The van der Waals surface area contributed by atoms with Gasteiger partial charge in [-0.25, -0.2) is 0 Å². The Hall–Kier alpha value is -3.18. The molecule has 2 atom stereocenters. The minimum Gasteiger partial charge on any atom is -0.497 e. The number of ether oxygens (including phenoxy) is 3. The summed E-state index contributed by atoms with van der Waals surface area (Å²) in [6, 6.07) is 21.7. The summed E-state index contributed by atoms with van der Waals surface area (Å²) in [5.74, 6) is 3.07. The maximum atomic E-state index is 5.96. The molecule has 3 aromatic rings. The number of halogens is 1. The second-order valence-corrected chi connectivity index (χ2v) is 8.10. The van der Waals surface area contributed by atoms with Crippen LogP contribution in [0.4, 0.5) is 0 Å². The second kappa shape index (κ2) is 8.52. The number of oxime groups is 1. The van der Waals surface area contributed by atoms with Crippen LogP contribution in [0.3, 0.4) is 0 Å². The summed E-state index contributed by atoms with van der Waals surface area (Å²) >= 11 is 5.96. The lowest BCUT2D eigenvalue weighted by Gasteiger charge is -2.09. The summed E-state index contributed by atoms with van der Waals surface area (Å²) in [6.45, 7) is 0.669. The van der Waals surface area contributed by atoms with E-state index in [2.05, 4.69) is 17.3 Å². The van der Waals surface area contributed by atoms with Crippen LogP contribution >= 0.6 is 11.6 Å². The molecule has 0 spiro atoms. The van der Waals surface area contributed by atoms with Crippen LogP contribution in [0.2, 0.25) is 5.02 Å². The van der Waals surface area contributed by atoms with Gasteiger partial charge in [-0.05, 0) is 77.6 Å². The maximum absolute atomic E-state index is 5.96. The van der Waals surface area contributed by atoms with Crippen molar-refractivity contribution in [2.75, 3.05) is 13.9 Å². The average molecular weight is 436 g/mol. The number of nitrogens with zero attached hydrogens (tertiary/aromatic N) is 1. The van der Waals surface area contributed by atoms with E-state index in [-0.39, 0.29) is 12.7 Å². The van der Waals surface area contributed by atoms with Gasteiger partial charge >= 0.3 is 0 Å². The van der Waals surface area contributed by atoms with Crippen LogP contribution < -0.4 is 14.2 Å². The van der Waals surface area contributed by atoms with Crippen LogP contribution in [0.15, 0.2) is 71.9 Å². The first kappa shape index (κ1) is 19.8. The molecular weight excluding hydrogens is 414 g/mol. The molecule has 1 fully saturated rings. The van der Waals surface area contributed by atoms with Gasteiger partial charge in [0.1, 0.15) is 12.4 Å². The van der Waals surface area contributed by atoms with Crippen molar-refractivity contribution >= 4 is 17.3 Å². The van der Waals surface area contributed by atoms with E-state index in [0.29, 0.717) is 17.5 Å². The molecule has 5 rings (SSSR count). The number of hydrogen-bond acceptors (Lipinski definition) is 5. The highest BCUT2D eigenvalue weighted by Gasteiger charge is 2.43. The molecule has 1 aliphatic carbocycles. The molecule has 2 aliphatic rings. The monoisotopic (exact) mass is 435 g/mol. The quantitative estimate of drug-likeness (QED) is 0.347. The normalized spacial score (nSPS) is 19.2. The molecule has 0 unspecified atom stereocenters. The van der Waals surface area contributed by atoms with Crippen molar-refractivity contribution in [1.29, 1.82) is 0 Å². The lowest BCUT2D eigenvalue weighted by molar-refractivity contribution is 0.130. The smallest absolute Gasteiger partial charge is 0.231 e. The van der Waals surface area contributed by atoms with E-state index >= 15 is 0 Å². The molecule has 5 nitrogen and oxygen atoms in total. The van der Waals surface area contributed by atoms with Gasteiger partial charge in [0.25, 0.3) is 0 Å². The highest BCUT2D eigenvalue weighted by atomic mass is 35.5. The molecule has 31 heavy (non-hydrogen) atoms. The molecule has 3 aromatic carbocycles. The van der Waals surface area contributed by atoms with Crippen LogP contribution in [-0.2, 0) is 11.4 Å². The fraction of sp³-hybridized carbons (Fsp3) is 0.240. The van der Waals surface area contributed by atoms with E-state index in [1.54, 1.807) is 7.11 Å². The fourth-order valence-corrected chi connectivity index (χ4v) is 3.99. The number of fused-ring (bicyclic) bond motifs is 1. The molecule has 0 bridgehead atoms. The van der Waals surface area contributed by atoms with Crippen molar-refractivity contribution in [2.45, 2.75) is 18.9 Å². The van der Waals surface area contributed by atoms with Gasteiger partial charge in [-0.1, -0.05) is 35.0 Å². The van der Waals surface area contributed by atoms with Crippen molar-refractivity contribution in [3.63, 3.8) is 0 Å². The molecule has 0 aromatic heterocycles. The van der Waals surface area contributed by atoms with E-state index in [0.717, 1.165) is 40.5 Å². The molecule has 0 radical (unpaired) electrons. The number of benzene rings is 3. The molecule has 1 heterocycles. The van der Waals surface area contributed by atoms with Gasteiger partial charge in [0.2, 0.25) is 6.79 Å². The summed E-state index contributed by atoms with van der Waals surface area (Å²) in [5, 5.41) is 5.27. The van der Waals surface area contributed by atoms with E-state index in [1.807, 2.05) is 54.6 Å². The summed E-state index contributed by atoms with van der Waals surface area (Å²) in [5.41, 5.74) is 4.22. The third kappa shape index (κ3) is 4.32. The Kier molecular flexibility index (Phi) is 5.43. The minimum absolute atomic E-state index is 0.277. The van der Waals surface area contributed by atoms with Crippen molar-refractivity contribution in [2.24, 2.45) is 11.1 Å². The van der Waals surface area contributed by atoms with E-state index < -0.39 is 0 Å². The Labute approximate surface area is 186 Å². The first-order valence-corrected chi connectivity index (χ1v) is 10.6. The number of methoxy groups -OCH3 is 1. The van der Waals surface area contributed by atoms with Crippen molar-refractivity contribution in [3.8, 4) is 17.2 Å². The molecule has 0 amide bonds. The van der Waals surface area contributed by atoms with Crippen molar-refractivity contribution < 1.29 is 19.0 Å². The van der Waals surface area contributed by atoms with Crippen LogP contribution in [0.25, 0.3) is 0 Å². The molecule has 158 valence electrons. The summed E-state index contributed by atoms with van der Waals surface area (Å²) in [4.78, 5) is 5.76. The van der Waals surface area contributed by atoms with Crippen molar-refractivity contribution in [1.82, 2.24) is 0 Å². The van der Waals surface area contributed by atoms with Crippen LogP contribution in [-0.4, -0.2) is 19.6 Å². The van der Waals surface area contributed by atoms with Crippen molar-refractivity contribution in [3.05, 3.63) is 88.4 Å². The predicted molar refractivity (Wildman–Crippen MR) is 119 cm³/mol. The topological polar surface area (TPSA) is 49.3 Å². The SMILES string of the molecule is COc1ccc(/C(=N/OCc2ccc(Cl)cc2)[C@H]2C[C@@H]2c2ccc3c(c2)OCO3)cc1. The third-order valence-corrected chi connectivity index (χ3v) is 5.91.